The van der Waals surface area contributed by atoms with Crippen molar-refractivity contribution < 1.29 is 10.3 Å². The standard InChI is InChI=1S/C11H25N3O2/c1-14(8-4-2-6-10-15)9-5-3-7-11(12)13-16/h15-16H,2-10H2,1H3,(H2,12,13). The summed E-state index contributed by atoms with van der Waals surface area (Å²) in [4.78, 5) is 2.28. The van der Waals surface area contributed by atoms with Crippen LogP contribution < -0.4 is 5.73 Å². The molecule has 0 aliphatic heterocycles. The van der Waals surface area contributed by atoms with Crippen molar-refractivity contribution in [2.75, 3.05) is 26.7 Å². The van der Waals surface area contributed by atoms with Crippen LogP contribution >= 0.6 is 0 Å². The molecule has 0 aromatic carbocycles. The zero-order valence-electron chi connectivity index (χ0n) is 10.2. The second-order valence-electron chi connectivity index (χ2n) is 4.14. The van der Waals surface area contributed by atoms with Crippen LogP contribution in [0, 0.1) is 0 Å². The van der Waals surface area contributed by atoms with E-state index in [4.69, 9.17) is 16.0 Å². The van der Waals surface area contributed by atoms with Crippen LogP contribution in [0.25, 0.3) is 0 Å². The van der Waals surface area contributed by atoms with Crippen LogP contribution in [0.3, 0.4) is 0 Å². The Morgan fingerprint density at radius 3 is 2.31 bits per heavy atom. The smallest absolute Gasteiger partial charge is 0.139 e. The molecule has 4 N–H and O–H groups in total. The SMILES string of the molecule is CN(CCCCCO)CCCCC(N)=NO. The number of hydrogen-bond donors (Lipinski definition) is 3. The summed E-state index contributed by atoms with van der Waals surface area (Å²) in [5.41, 5.74) is 5.37. The van der Waals surface area contributed by atoms with Crippen molar-refractivity contribution in [2.45, 2.75) is 38.5 Å². The maximum Gasteiger partial charge on any atom is 0.139 e. The zero-order valence-corrected chi connectivity index (χ0v) is 10.2. The van der Waals surface area contributed by atoms with Crippen molar-refractivity contribution in [1.82, 2.24) is 4.90 Å². The maximum absolute atomic E-state index is 8.62. The second-order valence-corrected chi connectivity index (χ2v) is 4.14. The number of aliphatic hydroxyl groups is 1. The van der Waals surface area contributed by atoms with Crippen molar-refractivity contribution in [3.63, 3.8) is 0 Å². The highest BCUT2D eigenvalue weighted by Crippen LogP contribution is 2.00. The largest absolute Gasteiger partial charge is 0.409 e. The molecule has 0 aliphatic carbocycles. The lowest BCUT2D eigenvalue weighted by molar-refractivity contribution is 0.271. The Balaban J connectivity index is 3.26. The van der Waals surface area contributed by atoms with E-state index in [1.54, 1.807) is 0 Å². The molecule has 0 atom stereocenters. The van der Waals surface area contributed by atoms with E-state index in [2.05, 4.69) is 17.1 Å². The number of amidine groups is 1. The fraction of sp³-hybridized carbons (Fsp3) is 0.909. The normalized spacial score (nSPS) is 12.3. The first-order valence-electron chi connectivity index (χ1n) is 5.96. The lowest BCUT2D eigenvalue weighted by Gasteiger charge is -2.15. The van der Waals surface area contributed by atoms with Crippen LogP contribution in [-0.4, -0.2) is 47.8 Å². The summed E-state index contributed by atoms with van der Waals surface area (Å²) in [6.45, 7) is 2.41. The van der Waals surface area contributed by atoms with Gasteiger partial charge in [0.1, 0.15) is 5.84 Å². The van der Waals surface area contributed by atoms with Gasteiger partial charge in [-0.25, -0.2) is 0 Å². The van der Waals surface area contributed by atoms with E-state index in [9.17, 15) is 0 Å². The fourth-order valence-electron chi connectivity index (χ4n) is 1.52. The summed E-state index contributed by atoms with van der Waals surface area (Å²) in [5, 5.41) is 19.9. The summed E-state index contributed by atoms with van der Waals surface area (Å²) >= 11 is 0. The molecule has 0 saturated heterocycles. The molecule has 0 heterocycles. The van der Waals surface area contributed by atoms with E-state index in [0.29, 0.717) is 18.9 Å². The van der Waals surface area contributed by atoms with Gasteiger partial charge in [0.2, 0.25) is 0 Å². The molecule has 96 valence electrons. The van der Waals surface area contributed by atoms with Crippen molar-refractivity contribution in [3.8, 4) is 0 Å². The highest BCUT2D eigenvalue weighted by atomic mass is 16.4. The minimum atomic E-state index is 0.295. The van der Waals surface area contributed by atoms with Gasteiger partial charge < -0.3 is 20.9 Å². The first kappa shape index (κ1) is 15.2. The minimum Gasteiger partial charge on any atom is -0.409 e. The third-order valence-electron chi connectivity index (χ3n) is 2.55. The van der Waals surface area contributed by atoms with Crippen LogP contribution in [0.15, 0.2) is 5.16 Å². The highest BCUT2D eigenvalue weighted by molar-refractivity contribution is 5.79. The van der Waals surface area contributed by atoms with E-state index in [-0.39, 0.29) is 0 Å². The third kappa shape index (κ3) is 9.73. The van der Waals surface area contributed by atoms with E-state index in [1.807, 2.05) is 0 Å². The van der Waals surface area contributed by atoms with Crippen LogP contribution in [0.2, 0.25) is 0 Å². The van der Waals surface area contributed by atoms with Gasteiger partial charge in [0.05, 0.1) is 0 Å². The molecule has 5 heteroatoms. The number of hydrogen-bond acceptors (Lipinski definition) is 4. The Kier molecular flexibility index (Phi) is 10.2. The zero-order chi connectivity index (χ0) is 12.2. The molecule has 0 aromatic heterocycles. The molecule has 0 rings (SSSR count). The van der Waals surface area contributed by atoms with E-state index in [1.165, 1.54) is 0 Å². The van der Waals surface area contributed by atoms with Gasteiger partial charge in [-0.3, -0.25) is 0 Å². The van der Waals surface area contributed by atoms with E-state index in [0.717, 1.165) is 45.2 Å². The van der Waals surface area contributed by atoms with E-state index < -0.39 is 0 Å². The number of aliphatic hydroxyl groups excluding tert-OH is 1. The summed E-state index contributed by atoms with van der Waals surface area (Å²) in [6.07, 6.45) is 5.80. The number of nitrogens with two attached hydrogens (primary N) is 1. The topological polar surface area (TPSA) is 82.1 Å². The van der Waals surface area contributed by atoms with Gasteiger partial charge in [0, 0.05) is 13.0 Å². The monoisotopic (exact) mass is 231 g/mol. The number of unbranched alkanes of at least 4 members (excludes halogenated alkanes) is 3. The summed E-state index contributed by atoms with van der Waals surface area (Å²) < 4.78 is 0. The van der Waals surface area contributed by atoms with Gasteiger partial charge in [0.15, 0.2) is 0 Å². The maximum atomic E-state index is 8.62. The quantitative estimate of drug-likeness (QED) is 0.172. The molecule has 0 spiro atoms. The van der Waals surface area contributed by atoms with Crippen LogP contribution in [0.1, 0.15) is 38.5 Å². The first-order valence-corrected chi connectivity index (χ1v) is 5.96. The van der Waals surface area contributed by atoms with Crippen LogP contribution in [0.4, 0.5) is 0 Å². The van der Waals surface area contributed by atoms with Crippen molar-refractivity contribution in [2.24, 2.45) is 10.9 Å². The van der Waals surface area contributed by atoms with Gasteiger partial charge in [-0.1, -0.05) is 5.16 Å². The Labute approximate surface area is 97.9 Å². The molecule has 0 saturated carbocycles. The van der Waals surface area contributed by atoms with Crippen molar-refractivity contribution >= 4 is 5.84 Å². The summed E-state index contributed by atoms with van der Waals surface area (Å²) in [6, 6.07) is 0. The predicted molar refractivity (Wildman–Crippen MR) is 65.7 cm³/mol. The Hall–Kier alpha value is -0.810. The molecule has 0 aromatic rings. The molecular weight excluding hydrogens is 206 g/mol. The molecule has 0 amide bonds. The number of oxime groups is 1. The van der Waals surface area contributed by atoms with E-state index >= 15 is 0 Å². The van der Waals surface area contributed by atoms with Gasteiger partial charge >= 0.3 is 0 Å². The predicted octanol–water partition coefficient (Wildman–Crippen LogP) is 0.997. The molecular formula is C11H25N3O2. The summed E-state index contributed by atoms with van der Waals surface area (Å²) in [7, 11) is 2.10. The van der Waals surface area contributed by atoms with Gasteiger partial charge in [-0.15, -0.1) is 0 Å². The number of nitrogens with zero attached hydrogens (tertiary/aromatic N) is 2. The molecule has 0 fully saturated rings. The van der Waals surface area contributed by atoms with Gasteiger partial charge in [-0.2, -0.15) is 0 Å². The highest BCUT2D eigenvalue weighted by Gasteiger charge is 1.99. The average Bonchev–Trinajstić information content (AvgIpc) is 2.30. The first-order chi connectivity index (χ1) is 7.70. The second kappa shape index (κ2) is 10.7. The average molecular weight is 231 g/mol. The third-order valence-corrected chi connectivity index (χ3v) is 2.55. The van der Waals surface area contributed by atoms with Gasteiger partial charge in [0.25, 0.3) is 0 Å². The van der Waals surface area contributed by atoms with Crippen LogP contribution in [0.5, 0.6) is 0 Å². The number of rotatable bonds is 10. The van der Waals surface area contributed by atoms with Crippen LogP contribution in [-0.2, 0) is 0 Å². The molecule has 0 unspecified atom stereocenters. The molecule has 0 radical (unpaired) electrons. The molecule has 16 heavy (non-hydrogen) atoms. The fourth-order valence-corrected chi connectivity index (χ4v) is 1.52. The summed E-state index contributed by atoms with van der Waals surface area (Å²) in [5.74, 6) is 0.311. The van der Waals surface area contributed by atoms with Gasteiger partial charge in [-0.05, 0) is 52.2 Å². The molecule has 0 aliphatic rings. The minimum absolute atomic E-state index is 0.295. The Morgan fingerprint density at radius 1 is 1.12 bits per heavy atom. The van der Waals surface area contributed by atoms with Crippen molar-refractivity contribution in [1.29, 1.82) is 0 Å². The molecule has 0 bridgehead atoms. The Morgan fingerprint density at radius 2 is 1.75 bits per heavy atom. The lowest BCUT2D eigenvalue weighted by atomic mass is 10.2. The van der Waals surface area contributed by atoms with Crippen molar-refractivity contribution in [3.05, 3.63) is 0 Å². The Bertz CT molecular complexity index is 186. The lowest BCUT2D eigenvalue weighted by Crippen LogP contribution is -2.21. The molecule has 5 nitrogen and oxygen atoms in total.